The normalized spacial score (nSPS) is 26.5. The second-order valence-corrected chi connectivity index (χ2v) is 12.5. The molecule has 0 bridgehead atoms. The van der Waals surface area contributed by atoms with Gasteiger partial charge in [-0.05, 0) is 63.6 Å². The minimum Gasteiger partial charge on any atom is -0.462 e. The van der Waals surface area contributed by atoms with Crippen LogP contribution in [0.5, 0.6) is 5.75 Å². The van der Waals surface area contributed by atoms with E-state index in [1.165, 1.54) is 30.5 Å². The summed E-state index contributed by atoms with van der Waals surface area (Å²) in [6.07, 6.45) is -0.638. The molecule has 0 saturated carbocycles. The summed E-state index contributed by atoms with van der Waals surface area (Å²) in [6.45, 7) is 8.83. The fourth-order valence-corrected chi connectivity index (χ4v) is 6.21. The average Bonchev–Trinajstić information content (AvgIpc) is 3.51. The van der Waals surface area contributed by atoms with E-state index >= 15 is 4.39 Å². The molecular weight excluding hydrogens is 578 g/mol. The summed E-state index contributed by atoms with van der Waals surface area (Å²) in [6, 6.07) is 4.78. The Morgan fingerprint density at radius 1 is 1.37 bits per heavy atom. The zero-order valence-corrected chi connectivity index (χ0v) is 24.6. The summed E-state index contributed by atoms with van der Waals surface area (Å²) in [7, 11) is -4.36. The number of urea groups is 1. The lowest BCUT2D eigenvalue weighted by Crippen LogP contribution is -2.53. The number of esters is 1. The number of aliphatic hydroxyl groups is 1. The summed E-state index contributed by atoms with van der Waals surface area (Å²) < 4.78 is 51.7. The van der Waals surface area contributed by atoms with Crippen LogP contribution in [0.3, 0.4) is 0 Å². The minimum absolute atomic E-state index is 0.148. The molecule has 1 fully saturated rings. The van der Waals surface area contributed by atoms with Crippen LogP contribution in [0.15, 0.2) is 60.5 Å². The molecule has 2 aromatic rings. The molecule has 2 aliphatic heterocycles. The number of nitrogens with zero attached hydrogens (tertiary/aromatic N) is 2. The van der Waals surface area contributed by atoms with Gasteiger partial charge >= 0.3 is 19.7 Å². The Balaban J connectivity index is 1.51. The number of hydrogen-bond donors (Lipinski definition) is 3. The van der Waals surface area contributed by atoms with Crippen LogP contribution in [0.1, 0.15) is 27.7 Å². The lowest BCUT2D eigenvalue weighted by molar-refractivity contribution is -0.149. The third kappa shape index (κ3) is 7.21. The quantitative estimate of drug-likeness (QED) is 0.251. The first-order chi connectivity index (χ1) is 19.3. The van der Waals surface area contributed by atoms with E-state index < -0.39 is 62.6 Å². The fourth-order valence-electron chi connectivity index (χ4n) is 4.08. The molecule has 0 radical (unpaired) electrons. The lowest BCUT2D eigenvalue weighted by atomic mass is 9.98. The summed E-state index contributed by atoms with van der Waals surface area (Å²) in [5.41, 5.74) is 0.431. The molecular formula is C26H32FN4O8PS. The number of ether oxygens (including phenoxy) is 2. The van der Waals surface area contributed by atoms with Crippen molar-refractivity contribution in [2.45, 2.75) is 63.9 Å². The lowest BCUT2D eigenvalue weighted by Gasteiger charge is -2.33. The average molecular weight is 611 g/mol. The van der Waals surface area contributed by atoms with E-state index in [4.69, 9.17) is 18.5 Å². The summed E-state index contributed by atoms with van der Waals surface area (Å²) in [5, 5.41) is 15.7. The molecule has 12 nitrogen and oxygen atoms in total. The number of thiazole rings is 1. The number of halogens is 1. The fraction of sp³-hybridized carbons (Fsp3) is 0.423. The van der Waals surface area contributed by atoms with Crippen molar-refractivity contribution in [1.29, 1.82) is 0 Å². The highest BCUT2D eigenvalue weighted by Gasteiger charge is 2.57. The van der Waals surface area contributed by atoms with Crippen molar-refractivity contribution < 1.29 is 42.2 Å². The number of carbonyl (C=O) groups is 2. The van der Waals surface area contributed by atoms with Crippen LogP contribution in [-0.2, 0) is 23.4 Å². The number of aliphatic hydroxyl groups excluding tert-OH is 1. The standard InChI is InChI=1S/C26H32FN4O8PS/c1-15(2)37-23(33)17(4)30-40(35,39-19-8-6-18(7-9-19)21-12-28-14-41-21)36-13-20-22(32)26(5,27)24(38-20)31-11-10-16(3)29-25(31)34/h6-12,14-15,17,20,22,24,32H,3,13H2,1-2,4-5H3,(H,29,34)(H,30,35)/t17-,20+,22+,24+,26+,40?/m0/s1. The van der Waals surface area contributed by atoms with Crippen molar-refractivity contribution in [2.75, 3.05) is 6.61 Å². The highest BCUT2D eigenvalue weighted by Crippen LogP contribution is 2.47. The molecule has 2 amide bonds. The number of nitrogens with one attached hydrogen (secondary N) is 2. The molecule has 41 heavy (non-hydrogen) atoms. The Kier molecular flexibility index (Phi) is 9.32. The Hall–Kier alpha value is -3.13. The molecule has 1 aromatic heterocycles. The predicted octanol–water partition coefficient (Wildman–Crippen LogP) is 4.11. The number of benzene rings is 1. The molecule has 15 heteroatoms. The predicted molar refractivity (Wildman–Crippen MR) is 148 cm³/mol. The van der Waals surface area contributed by atoms with Gasteiger partial charge in [0.2, 0.25) is 0 Å². The van der Waals surface area contributed by atoms with Crippen LogP contribution in [0.4, 0.5) is 9.18 Å². The number of hydrogen-bond acceptors (Lipinski definition) is 10. The van der Waals surface area contributed by atoms with Crippen LogP contribution >= 0.6 is 19.1 Å². The Morgan fingerprint density at radius 3 is 2.68 bits per heavy atom. The van der Waals surface area contributed by atoms with Gasteiger partial charge in [-0.2, -0.15) is 5.09 Å². The van der Waals surface area contributed by atoms with Crippen LogP contribution in [0.25, 0.3) is 10.4 Å². The van der Waals surface area contributed by atoms with Gasteiger partial charge < -0.3 is 24.4 Å². The van der Waals surface area contributed by atoms with E-state index in [1.54, 1.807) is 49.8 Å². The zero-order chi connectivity index (χ0) is 29.9. The molecule has 1 saturated heterocycles. The van der Waals surface area contributed by atoms with Crippen molar-refractivity contribution >= 4 is 31.1 Å². The Morgan fingerprint density at radius 2 is 2.07 bits per heavy atom. The number of alkyl halides is 1. The van der Waals surface area contributed by atoms with E-state index in [0.717, 1.165) is 22.3 Å². The molecule has 3 heterocycles. The highest BCUT2D eigenvalue weighted by atomic mass is 32.1. The Labute approximate surface area is 240 Å². The number of aromatic nitrogens is 1. The molecule has 4 rings (SSSR count). The number of carbonyl (C=O) groups excluding carboxylic acids is 2. The van der Waals surface area contributed by atoms with Crippen molar-refractivity contribution in [2.24, 2.45) is 0 Å². The zero-order valence-electron chi connectivity index (χ0n) is 22.9. The van der Waals surface area contributed by atoms with Crippen LogP contribution in [0.2, 0.25) is 0 Å². The molecule has 0 spiro atoms. The van der Waals surface area contributed by atoms with Crippen molar-refractivity contribution in [1.82, 2.24) is 20.3 Å². The van der Waals surface area contributed by atoms with Crippen LogP contribution in [0, 0.1) is 0 Å². The van der Waals surface area contributed by atoms with E-state index in [-0.39, 0.29) is 5.75 Å². The molecule has 1 aromatic carbocycles. The second-order valence-electron chi connectivity index (χ2n) is 9.91. The number of allylic oxidation sites excluding steroid dienone is 1. The summed E-state index contributed by atoms with van der Waals surface area (Å²) in [4.78, 5) is 30.7. The molecule has 0 aliphatic carbocycles. The van der Waals surface area contributed by atoms with Gasteiger partial charge in [0, 0.05) is 18.1 Å². The monoisotopic (exact) mass is 610 g/mol. The third-order valence-corrected chi connectivity index (χ3v) is 8.64. The Bertz CT molecular complexity index is 1340. The number of rotatable bonds is 11. The first-order valence-corrected chi connectivity index (χ1v) is 15.1. The highest BCUT2D eigenvalue weighted by molar-refractivity contribution is 7.52. The van der Waals surface area contributed by atoms with Crippen LogP contribution < -0.4 is 14.9 Å². The van der Waals surface area contributed by atoms with Gasteiger partial charge in [0.1, 0.15) is 24.0 Å². The summed E-state index contributed by atoms with van der Waals surface area (Å²) in [5.74, 6) is -0.555. The van der Waals surface area contributed by atoms with Gasteiger partial charge in [-0.25, -0.2) is 13.8 Å². The second kappa shape index (κ2) is 12.4. The molecule has 1 unspecified atom stereocenters. The number of amides is 2. The largest absolute Gasteiger partial charge is 0.462 e. The van der Waals surface area contributed by atoms with Gasteiger partial charge in [-0.1, -0.05) is 6.58 Å². The topological polar surface area (TPSA) is 149 Å². The van der Waals surface area contributed by atoms with Gasteiger partial charge in [0.15, 0.2) is 11.9 Å². The van der Waals surface area contributed by atoms with Gasteiger partial charge in [0.25, 0.3) is 0 Å². The smallest absolute Gasteiger partial charge is 0.459 e. The van der Waals surface area contributed by atoms with E-state index in [1.807, 2.05) is 0 Å². The molecule has 2 aliphatic rings. The third-order valence-electron chi connectivity index (χ3n) is 6.17. The molecule has 6 atom stereocenters. The van der Waals surface area contributed by atoms with Gasteiger partial charge in [-0.3, -0.25) is 19.2 Å². The maximum absolute atomic E-state index is 15.6. The maximum atomic E-state index is 15.6. The summed E-state index contributed by atoms with van der Waals surface area (Å²) >= 11 is 1.44. The molecule has 3 N–H and O–H groups in total. The minimum atomic E-state index is -4.36. The molecule has 222 valence electrons. The van der Waals surface area contributed by atoms with Crippen molar-refractivity contribution in [3.63, 3.8) is 0 Å². The van der Waals surface area contributed by atoms with E-state index in [9.17, 15) is 19.3 Å². The van der Waals surface area contributed by atoms with E-state index in [0.29, 0.717) is 5.70 Å². The van der Waals surface area contributed by atoms with Gasteiger partial charge in [-0.15, -0.1) is 11.3 Å². The van der Waals surface area contributed by atoms with Crippen molar-refractivity contribution in [3.8, 4) is 16.2 Å². The first-order valence-electron chi connectivity index (χ1n) is 12.7. The SMILES string of the molecule is C=C1C=CN([C@@H]2O[C@H](COP(=O)(N[C@@H](C)C(=O)OC(C)C)Oc3ccc(-c4cncs4)cc3)[C@@H](O)[C@@]2(C)F)C(=O)N1. The first kappa shape index (κ1) is 30.8. The van der Waals surface area contributed by atoms with Gasteiger partial charge in [0.05, 0.1) is 23.1 Å². The van der Waals surface area contributed by atoms with Crippen molar-refractivity contribution in [3.05, 3.63) is 60.5 Å². The maximum Gasteiger partial charge on any atom is 0.459 e. The van der Waals surface area contributed by atoms with Crippen LogP contribution in [-0.4, -0.2) is 69.8 Å². The van der Waals surface area contributed by atoms with E-state index in [2.05, 4.69) is 22.0 Å².